The summed E-state index contributed by atoms with van der Waals surface area (Å²) in [4.78, 5) is 27.5. The highest BCUT2D eigenvalue weighted by molar-refractivity contribution is 8.13. The summed E-state index contributed by atoms with van der Waals surface area (Å²) in [5, 5.41) is 3.01. The maximum absolute atomic E-state index is 12.0. The standard InChI is InChI=1S/C14H25N3O3S/c1-3-14(2,17-4-7-20-8-5-17)11-15-12(18)10-16-6-9-21-13(16)19/h3-11H2,1-2H3,(H,15,18)/t14-/m0/s1. The van der Waals surface area contributed by atoms with Crippen LogP contribution in [-0.4, -0.2) is 78.2 Å². The van der Waals surface area contributed by atoms with Gasteiger partial charge in [-0.05, 0) is 13.3 Å². The molecule has 2 aliphatic rings. The first kappa shape index (κ1) is 16.6. The van der Waals surface area contributed by atoms with Crippen LogP contribution >= 0.6 is 11.8 Å². The predicted octanol–water partition coefficient (Wildman–Crippen LogP) is 0.772. The van der Waals surface area contributed by atoms with Crippen molar-refractivity contribution < 1.29 is 14.3 Å². The van der Waals surface area contributed by atoms with E-state index in [4.69, 9.17) is 4.74 Å². The van der Waals surface area contributed by atoms with Gasteiger partial charge < -0.3 is 15.0 Å². The van der Waals surface area contributed by atoms with E-state index in [9.17, 15) is 9.59 Å². The molecule has 0 saturated carbocycles. The third-order valence-electron chi connectivity index (χ3n) is 4.38. The molecular formula is C14H25N3O3S. The van der Waals surface area contributed by atoms with Gasteiger partial charge in [-0.25, -0.2) is 0 Å². The normalized spacial score (nSPS) is 23.1. The molecule has 0 bridgehead atoms. The summed E-state index contributed by atoms with van der Waals surface area (Å²) in [6.45, 7) is 9.09. The van der Waals surface area contributed by atoms with Crippen LogP contribution in [0.2, 0.25) is 0 Å². The van der Waals surface area contributed by atoms with E-state index >= 15 is 0 Å². The van der Waals surface area contributed by atoms with Crippen molar-refractivity contribution in [3.8, 4) is 0 Å². The zero-order valence-corrected chi connectivity index (χ0v) is 13.7. The van der Waals surface area contributed by atoms with Crippen molar-refractivity contribution in [1.82, 2.24) is 15.1 Å². The number of nitrogens with one attached hydrogen (secondary N) is 1. The fourth-order valence-corrected chi connectivity index (χ4v) is 3.48. The van der Waals surface area contributed by atoms with Gasteiger partial charge in [0.25, 0.3) is 5.24 Å². The Kier molecular flexibility index (Phi) is 5.89. The summed E-state index contributed by atoms with van der Waals surface area (Å²) in [7, 11) is 0. The second-order valence-corrected chi connectivity index (χ2v) is 6.81. The number of hydrogen-bond acceptors (Lipinski definition) is 5. The second-order valence-electron chi connectivity index (χ2n) is 5.76. The highest BCUT2D eigenvalue weighted by Crippen LogP contribution is 2.20. The molecule has 2 aliphatic heterocycles. The van der Waals surface area contributed by atoms with Crippen molar-refractivity contribution in [1.29, 1.82) is 0 Å². The molecule has 1 N–H and O–H groups in total. The molecule has 6 nitrogen and oxygen atoms in total. The van der Waals surface area contributed by atoms with Gasteiger partial charge in [0.1, 0.15) is 6.54 Å². The van der Waals surface area contributed by atoms with Crippen LogP contribution in [0.15, 0.2) is 0 Å². The first-order chi connectivity index (χ1) is 10.0. The Morgan fingerprint density at radius 3 is 2.67 bits per heavy atom. The maximum atomic E-state index is 12.0. The van der Waals surface area contributed by atoms with Gasteiger partial charge in [0.05, 0.1) is 13.2 Å². The first-order valence-electron chi connectivity index (χ1n) is 7.56. The number of thioether (sulfide) groups is 1. The van der Waals surface area contributed by atoms with Crippen LogP contribution in [0.4, 0.5) is 4.79 Å². The number of ether oxygens (including phenoxy) is 1. The van der Waals surface area contributed by atoms with E-state index in [2.05, 4.69) is 24.1 Å². The molecule has 2 heterocycles. The smallest absolute Gasteiger partial charge is 0.282 e. The van der Waals surface area contributed by atoms with Crippen LogP contribution in [0.5, 0.6) is 0 Å². The number of carbonyl (C=O) groups is 2. The van der Waals surface area contributed by atoms with Gasteiger partial charge in [-0.1, -0.05) is 18.7 Å². The Labute approximate surface area is 130 Å². The van der Waals surface area contributed by atoms with Crippen LogP contribution in [0.25, 0.3) is 0 Å². The van der Waals surface area contributed by atoms with Crippen LogP contribution in [0.3, 0.4) is 0 Å². The Bertz CT molecular complexity index is 388. The molecule has 21 heavy (non-hydrogen) atoms. The van der Waals surface area contributed by atoms with E-state index in [0.29, 0.717) is 13.1 Å². The van der Waals surface area contributed by atoms with Crippen molar-refractivity contribution >= 4 is 22.9 Å². The zero-order chi connectivity index (χ0) is 15.3. The second kappa shape index (κ2) is 7.47. The highest BCUT2D eigenvalue weighted by atomic mass is 32.2. The number of carbonyl (C=O) groups excluding carboxylic acids is 2. The monoisotopic (exact) mass is 315 g/mol. The molecule has 2 amide bonds. The van der Waals surface area contributed by atoms with E-state index in [1.807, 2.05) is 0 Å². The number of rotatable bonds is 6. The summed E-state index contributed by atoms with van der Waals surface area (Å²) in [5.74, 6) is 0.714. The number of hydrogen-bond donors (Lipinski definition) is 1. The summed E-state index contributed by atoms with van der Waals surface area (Å²) in [6.07, 6.45) is 0.964. The lowest BCUT2D eigenvalue weighted by atomic mass is 9.95. The van der Waals surface area contributed by atoms with Crippen molar-refractivity contribution in [2.75, 3.05) is 51.7 Å². The van der Waals surface area contributed by atoms with Gasteiger partial charge in [-0.15, -0.1) is 0 Å². The van der Waals surface area contributed by atoms with Crippen LogP contribution in [0.1, 0.15) is 20.3 Å². The molecule has 2 rings (SSSR count). The van der Waals surface area contributed by atoms with Gasteiger partial charge >= 0.3 is 0 Å². The number of amides is 2. The Hall–Kier alpha value is -0.790. The summed E-state index contributed by atoms with van der Waals surface area (Å²) < 4.78 is 5.39. The molecule has 120 valence electrons. The number of morpholine rings is 1. The summed E-state index contributed by atoms with van der Waals surface area (Å²) in [5.41, 5.74) is -0.0524. The largest absolute Gasteiger partial charge is 0.379 e. The quantitative estimate of drug-likeness (QED) is 0.784. The molecule has 7 heteroatoms. The van der Waals surface area contributed by atoms with Crippen LogP contribution in [-0.2, 0) is 9.53 Å². The van der Waals surface area contributed by atoms with Gasteiger partial charge in [0, 0.05) is 37.5 Å². The molecule has 0 aliphatic carbocycles. The van der Waals surface area contributed by atoms with E-state index in [1.54, 1.807) is 4.90 Å². The minimum atomic E-state index is -0.0706. The fourth-order valence-electron chi connectivity index (χ4n) is 2.65. The molecule has 2 fully saturated rings. The molecule has 1 atom stereocenters. The summed E-state index contributed by atoms with van der Waals surface area (Å²) in [6, 6.07) is 0. The lowest BCUT2D eigenvalue weighted by Gasteiger charge is -2.43. The molecule has 0 aromatic rings. The maximum Gasteiger partial charge on any atom is 0.282 e. The topological polar surface area (TPSA) is 61.9 Å². The number of nitrogens with zero attached hydrogens (tertiary/aromatic N) is 2. The lowest BCUT2D eigenvalue weighted by molar-refractivity contribution is -0.122. The molecule has 0 aromatic carbocycles. The predicted molar refractivity (Wildman–Crippen MR) is 83.5 cm³/mol. The zero-order valence-electron chi connectivity index (χ0n) is 12.9. The van der Waals surface area contributed by atoms with Gasteiger partial charge in [-0.2, -0.15) is 0 Å². The van der Waals surface area contributed by atoms with Gasteiger partial charge in [-0.3, -0.25) is 14.5 Å². The SMILES string of the molecule is CC[C@@](C)(CNC(=O)CN1CCSC1=O)N1CCOCC1. The molecular weight excluding hydrogens is 290 g/mol. The molecule has 0 spiro atoms. The van der Waals surface area contributed by atoms with Crippen molar-refractivity contribution in [2.24, 2.45) is 0 Å². The van der Waals surface area contributed by atoms with Crippen LogP contribution in [0, 0.1) is 0 Å². The van der Waals surface area contributed by atoms with Crippen molar-refractivity contribution in [2.45, 2.75) is 25.8 Å². The fraction of sp³-hybridized carbons (Fsp3) is 0.857. The molecule has 0 radical (unpaired) electrons. The van der Waals surface area contributed by atoms with Gasteiger partial charge in [0.2, 0.25) is 5.91 Å². The van der Waals surface area contributed by atoms with E-state index in [-0.39, 0.29) is 23.2 Å². The molecule has 0 unspecified atom stereocenters. The van der Waals surface area contributed by atoms with E-state index in [0.717, 1.165) is 38.5 Å². The third kappa shape index (κ3) is 4.34. The Balaban J connectivity index is 1.81. The van der Waals surface area contributed by atoms with Crippen molar-refractivity contribution in [3.05, 3.63) is 0 Å². The van der Waals surface area contributed by atoms with Gasteiger partial charge in [0.15, 0.2) is 0 Å². The third-order valence-corrected chi connectivity index (χ3v) is 5.27. The van der Waals surface area contributed by atoms with Crippen LogP contribution < -0.4 is 5.32 Å². The van der Waals surface area contributed by atoms with Crippen molar-refractivity contribution in [3.63, 3.8) is 0 Å². The average Bonchev–Trinajstić information content (AvgIpc) is 2.91. The molecule has 0 aromatic heterocycles. The minimum Gasteiger partial charge on any atom is -0.379 e. The Morgan fingerprint density at radius 2 is 2.10 bits per heavy atom. The van der Waals surface area contributed by atoms with E-state index in [1.165, 1.54) is 11.8 Å². The lowest BCUT2D eigenvalue weighted by Crippen LogP contribution is -2.57. The first-order valence-corrected chi connectivity index (χ1v) is 8.55. The molecule has 2 saturated heterocycles. The minimum absolute atomic E-state index is 0.0107. The van der Waals surface area contributed by atoms with E-state index < -0.39 is 0 Å². The average molecular weight is 315 g/mol. The highest BCUT2D eigenvalue weighted by Gasteiger charge is 2.32. The summed E-state index contributed by atoms with van der Waals surface area (Å²) >= 11 is 1.28. The Morgan fingerprint density at radius 1 is 1.38 bits per heavy atom.